The Labute approximate surface area is 144 Å². The summed E-state index contributed by atoms with van der Waals surface area (Å²) in [7, 11) is 0. The predicted molar refractivity (Wildman–Crippen MR) is 90.7 cm³/mol. The monoisotopic (exact) mass is 438 g/mol. The van der Waals surface area contributed by atoms with Crippen molar-refractivity contribution >= 4 is 59.0 Å². The Morgan fingerprint density at radius 3 is 2.57 bits per heavy atom. The Kier molecular flexibility index (Phi) is 4.90. The highest BCUT2D eigenvalue weighted by Gasteiger charge is 2.53. The van der Waals surface area contributed by atoms with Gasteiger partial charge in [0.15, 0.2) is 6.04 Å². The Bertz CT molecular complexity index is 550. The van der Waals surface area contributed by atoms with Gasteiger partial charge in [0.05, 0.1) is 0 Å². The molecule has 0 N–H and O–H groups in total. The molecule has 1 saturated heterocycles. The smallest absolute Gasteiger partial charge is 0.355 e. The Hall–Kier alpha value is -0.340. The molecule has 2 rings (SSSR count). The third-order valence-corrected chi connectivity index (χ3v) is 4.78. The lowest BCUT2D eigenvalue weighted by molar-refractivity contribution is -0.157. The molecule has 0 aliphatic carbocycles. The molecule has 5 nitrogen and oxygen atoms in total. The van der Waals surface area contributed by atoms with E-state index >= 15 is 0 Å². The van der Waals surface area contributed by atoms with Crippen molar-refractivity contribution in [3.8, 4) is 0 Å². The number of esters is 1. The SMILES string of the molecule is CC1=C(C(=O)OC(C)(C)C)N2C(=O)C(N=C(Br)Br)[C@H]2SC1. The minimum absolute atomic E-state index is 0.145. The number of carbonyl (C=O) groups is 2. The quantitative estimate of drug-likeness (QED) is 0.377. The summed E-state index contributed by atoms with van der Waals surface area (Å²) < 4.78 is 5.91. The summed E-state index contributed by atoms with van der Waals surface area (Å²) in [5.41, 5.74) is 0.643. The number of hydrogen-bond acceptors (Lipinski definition) is 5. The van der Waals surface area contributed by atoms with E-state index in [9.17, 15) is 9.59 Å². The summed E-state index contributed by atoms with van der Waals surface area (Å²) in [6.45, 7) is 7.28. The average Bonchev–Trinajstić information content (AvgIpc) is 2.33. The lowest BCUT2D eigenvalue weighted by Crippen LogP contribution is -2.64. The molecule has 0 aromatic heterocycles. The molecule has 21 heavy (non-hydrogen) atoms. The van der Waals surface area contributed by atoms with Crippen molar-refractivity contribution in [1.29, 1.82) is 0 Å². The Balaban J connectivity index is 2.25. The van der Waals surface area contributed by atoms with Crippen LogP contribution in [0.5, 0.6) is 0 Å². The van der Waals surface area contributed by atoms with Crippen LogP contribution in [0.15, 0.2) is 16.3 Å². The topological polar surface area (TPSA) is 59.0 Å². The zero-order valence-electron chi connectivity index (χ0n) is 12.1. The van der Waals surface area contributed by atoms with Gasteiger partial charge in [-0.05, 0) is 65.1 Å². The van der Waals surface area contributed by atoms with E-state index in [4.69, 9.17) is 4.74 Å². The lowest BCUT2D eigenvalue weighted by atomic mass is 10.0. The average molecular weight is 440 g/mol. The molecule has 2 aliphatic heterocycles. The number of nitrogens with zero attached hydrogens (tertiary/aromatic N) is 2. The number of amides is 1. The van der Waals surface area contributed by atoms with Crippen LogP contribution >= 0.6 is 43.6 Å². The van der Waals surface area contributed by atoms with Crippen LogP contribution < -0.4 is 0 Å². The van der Waals surface area contributed by atoms with Crippen LogP contribution in [-0.2, 0) is 14.3 Å². The third kappa shape index (κ3) is 3.53. The zero-order valence-corrected chi connectivity index (χ0v) is 16.1. The molecule has 0 aromatic rings. The summed E-state index contributed by atoms with van der Waals surface area (Å²) in [5.74, 6) is 0.0670. The number of thioether (sulfide) groups is 1. The van der Waals surface area contributed by atoms with Crippen LogP contribution in [0.25, 0.3) is 0 Å². The molecule has 1 fully saturated rings. The van der Waals surface area contributed by atoms with Crippen molar-refractivity contribution in [3.63, 3.8) is 0 Å². The van der Waals surface area contributed by atoms with Gasteiger partial charge in [0, 0.05) is 5.75 Å². The van der Waals surface area contributed by atoms with Gasteiger partial charge in [-0.15, -0.1) is 11.8 Å². The molecule has 0 spiro atoms. The maximum absolute atomic E-state index is 12.4. The number of fused-ring (bicyclic) bond motifs is 1. The molecule has 8 heteroatoms. The van der Waals surface area contributed by atoms with E-state index in [0.717, 1.165) is 5.57 Å². The molecular formula is C13H16Br2N2O3S. The second-order valence-electron chi connectivity index (χ2n) is 5.86. The Morgan fingerprint density at radius 1 is 1.43 bits per heavy atom. The van der Waals surface area contributed by atoms with Crippen LogP contribution in [0.3, 0.4) is 0 Å². The lowest BCUT2D eigenvalue weighted by Gasteiger charge is -2.48. The molecule has 2 atom stereocenters. The summed E-state index contributed by atoms with van der Waals surface area (Å²) in [6, 6.07) is -0.464. The van der Waals surface area contributed by atoms with Gasteiger partial charge < -0.3 is 4.74 Å². The van der Waals surface area contributed by atoms with Gasteiger partial charge in [0.1, 0.15) is 20.2 Å². The maximum atomic E-state index is 12.4. The van der Waals surface area contributed by atoms with Crippen molar-refractivity contribution < 1.29 is 14.3 Å². The van der Waals surface area contributed by atoms with Crippen LogP contribution in [-0.4, -0.2) is 43.1 Å². The highest BCUT2D eigenvalue weighted by Crippen LogP contribution is 2.42. The summed E-state index contributed by atoms with van der Waals surface area (Å²) in [4.78, 5) is 30.3. The van der Waals surface area contributed by atoms with Crippen LogP contribution in [0.4, 0.5) is 0 Å². The minimum atomic E-state index is -0.588. The fourth-order valence-electron chi connectivity index (χ4n) is 2.16. The number of β-lactam (4-membered cyclic amide) rings is 1. The molecule has 1 unspecified atom stereocenters. The zero-order chi connectivity index (χ0) is 15.9. The minimum Gasteiger partial charge on any atom is -0.455 e. The predicted octanol–water partition coefficient (Wildman–Crippen LogP) is 3.03. The second kappa shape index (κ2) is 6.04. The number of halogens is 2. The van der Waals surface area contributed by atoms with Crippen LogP contribution in [0, 0.1) is 0 Å². The van der Waals surface area contributed by atoms with E-state index in [2.05, 4.69) is 36.9 Å². The van der Waals surface area contributed by atoms with Crippen molar-refractivity contribution in [1.82, 2.24) is 4.90 Å². The molecular weight excluding hydrogens is 424 g/mol. The fourth-order valence-corrected chi connectivity index (χ4v) is 3.88. The van der Waals surface area contributed by atoms with Gasteiger partial charge in [-0.3, -0.25) is 14.7 Å². The molecule has 2 heterocycles. The first-order valence-electron chi connectivity index (χ1n) is 6.38. The van der Waals surface area contributed by atoms with E-state index < -0.39 is 17.6 Å². The first-order chi connectivity index (χ1) is 9.61. The van der Waals surface area contributed by atoms with Gasteiger partial charge in [0.25, 0.3) is 5.91 Å². The Morgan fingerprint density at radius 2 is 2.05 bits per heavy atom. The molecule has 116 valence electrons. The number of carbonyl (C=O) groups excluding carboxylic acids is 2. The number of aliphatic imine (C=N–C) groups is 1. The van der Waals surface area contributed by atoms with Gasteiger partial charge >= 0.3 is 5.97 Å². The summed E-state index contributed by atoms with van der Waals surface area (Å²) in [5, 5.41) is -0.145. The summed E-state index contributed by atoms with van der Waals surface area (Å²) in [6.07, 6.45) is 0. The van der Waals surface area contributed by atoms with Crippen molar-refractivity contribution in [2.45, 2.75) is 44.7 Å². The van der Waals surface area contributed by atoms with Crippen LogP contribution in [0.1, 0.15) is 27.7 Å². The van der Waals surface area contributed by atoms with Gasteiger partial charge in [-0.1, -0.05) is 0 Å². The van der Waals surface area contributed by atoms with Crippen LogP contribution in [0.2, 0.25) is 0 Å². The number of ether oxygens (including phenoxy) is 1. The maximum Gasteiger partial charge on any atom is 0.355 e. The fraction of sp³-hybridized carbons (Fsp3) is 0.615. The normalized spacial score (nSPS) is 25.2. The van der Waals surface area contributed by atoms with Crippen molar-refractivity contribution in [3.05, 3.63) is 11.3 Å². The summed E-state index contributed by atoms with van der Waals surface area (Å²) >= 11 is 7.95. The van der Waals surface area contributed by atoms with E-state index in [0.29, 0.717) is 15.0 Å². The first-order valence-corrected chi connectivity index (χ1v) is 9.02. The van der Waals surface area contributed by atoms with E-state index in [1.807, 2.05) is 27.7 Å². The number of hydrogen-bond donors (Lipinski definition) is 0. The largest absolute Gasteiger partial charge is 0.455 e. The molecule has 2 aliphatic rings. The first kappa shape index (κ1) is 17.0. The van der Waals surface area contributed by atoms with Gasteiger partial charge in [-0.25, -0.2) is 4.79 Å². The van der Waals surface area contributed by atoms with E-state index in [-0.39, 0.29) is 11.3 Å². The highest BCUT2D eigenvalue weighted by atomic mass is 79.9. The molecule has 0 saturated carbocycles. The molecule has 0 aromatic carbocycles. The van der Waals surface area contributed by atoms with Crippen molar-refractivity contribution in [2.24, 2.45) is 4.99 Å². The third-order valence-electron chi connectivity index (χ3n) is 2.96. The standard InChI is InChI=1S/C13H16Br2N2O3S/c1-6-5-21-10-7(16-12(14)15)9(18)17(10)8(6)11(19)20-13(2,3)4/h7,10H,5H2,1-4H3/t7?,10-/m1/s1. The molecule has 1 amide bonds. The number of rotatable bonds is 2. The van der Waals surface area contributed by atoms with Gasteiger partial charge in [-0.2, -0.15) is 0 Å². The molecule has 0 bridgehead atoms. The second-order valence-corrected chi connectivity index (χ2v) is 9.53. The van der Waals surface area contributed by atoms with E-state index in [1.54, 1.807) is 11.8 Å². The molecule has 0 radical (unpaired) electrons. The highest BCUT2D eigenvalue weighted by molar-refractivity contribution is 9.39. The van der Waals surface area contributed by atoms with Crippen molar-refractivity contribution in [2.75, 3.05) is 5.75 Å². The van der Waals surface area contributed by atoms with E-state index in [1.165, 1.54) is 4.90 Å². The van der Waals surface area contributed by atoms with Gasteiger partial charge in [0.2, 0.25) is 0 Å².